The van der Waals surface area contributed by atoms with Gasteiger partial charge in [0.15, 0.2) is 0 Å². The first-order valence-corrected chi connectivity index (χ1v) is 7.91. The van der Waals surface area contributed by atoms with Gasteiger partial charge in [-0.25, -0.2) is 0 Å². The highest BCUT2D eigenvalue weighted by Gasteiger charge is 2.28. The third-order valence-electron chi connectivity index (χ3n) is 3.43. The molecule has 0 bridgehead atoms. The summed E-state index contributed by atoms with van der Waals surface area (Å²) in [5, 5.41) is 0. The molecule has 5 heteroatoms. The molecule has 0 unspecified atom stereocenters. The van der Waals surface area contributed by atoms with E-state index in [-0.39, 0.29) is 17.7 Å². The Morgan fingerprint density at radius 3 is 1.59 bits per heavy atom. The van der Waals surface area contributed by atoms with Crippen LogP contribution in [-0.2, 0) is 30.3 Å². The molecule has 0 aliphatic carbocycles. The lowest BCUT2D eigenvalue weighted by Gasteiger charge is -2.28. The molecular formula is C17H24O4S. The lowest BCUT2D eigenvalue weighted by molar-refractivity contribution is -0.157. The smallest absolute Gasteiger partial charge is 0.316 e. The Hall–Kier alpha value is -1.49. The Morgan fingerprint density at radius 1 is 0.909 bits per heavy atom. The van der Waals surface area contributed by atoms with E-state index in [2.05, 4.69) is 12.6 Å². The summed E-state index contributed by atoms with van der Waals surface area (Å²) >= 11 is 3.91. The van der Waals surface area contributed by atoms with Gasteiger partial charge in [-0.2, -0.15) is 12.6 Å². The molecule has 0 aromatic heterocycles. The van der Waals surface area contributed by atoms with Crippen LogP contribution in [0.4, 0.5) is 0 Å². The Balaban J connectivity index is 2.94. The molecule has 1 rings (SSSR count). The molecule has 4 nitrogen and oxygen atoms in total. The number of rotatable bonds is 6. The minimum atomic E-state index is -0.734. The number of hydrogen-bond acceptors (Lipinski definition) is 5. The molecule has 0 saturated carbocycles. The van der Waals surface area contributed by atoms with Crippen molar-refractivity contribution in [1.82, 2.24) is 0 Å². The van der Waals surface area contributed by atoms with Gasteiger partial charge in [0.25, 0.3) is 0 Å². The Morgan fingerprint density at radius 2 is 1.27 bits per heavy atom. The van der Waals surface area contributed by atoms with Gasteiger partial charge in [-0.1, -0.05) is 31.2 Å². The van der Waals surface area contributed by atoms with Crippen LogP contribution in [0, 0.1) is 0 Å². The summed E-state index contributed by atoms with van der Waals surface area (Å²) in [6.45, 7) is 9.11. The van der Waals surface area contributed by atoms with Gasteiger partial charge in [0.2, 0.25) is 0 Å². The van der Waals surface area contributed by atoms with Crippen molar-refractivity contribution in [2.45, 2.75) is 52.2 Å². The second-order valence-corrected chi connectivity index (χ2v) is 6.37. The minimum Gasteiger partial charge on any atom is -0.455 e. The normalized spacial score (nSPS) is 11.9. The number of thiol groups is 1. The van der Waals surface area contributed by atoms with Crippen LogP contribution in [0.2, 0.25) is 0 Å². The van der Waals surface area contributed by atoms with E-state index in [9.17, 15) is 9.59 Å². The van der Waals surface area contributed by atoms with Crippen molar-refractivity contribution in [1.29, 1.82) is 0 Å². The quantitative estimate of drug-likeness (QED) is 0.642. The fraction of sp³-hybridized carbons (Fsp3) is 0.529. The average molecular weight is 324 g/mol. The lowest BCUT2D eigenvalue weighted by Crippen LogP contribution is -2.27. The molecule has 0 N–H and O–H groups in total. The van der Waals surface area contributed by atoms with Crippen LogP contribution < -0.4 is 0 Å². The van der Waals surface area contributed by atoms with E-state index in [0.717, 1.165) is 11.1 Å². The number of carbonyl (C=O) groups excluding carboxylic acids is 2. The summed E-state index contributed by atoms with van der Waals surface area (Å²) in [5.74, 6) is -0.562. The van der Waals surface area contributed by atoms with Gasteiger partial charge in [0, 0.05) is 6.42 Å². The summed E-state index contributed by atoms with van der Waals surface area (Å²) in [4.78, 5) is 22.9. The van der Waals surface area contributed by atoms with Crippen molar-refractivity contribution in [2.24, 2.45) is 0 Å². The first-order valence-electron chi connectivity index (χ1n) is 7.28. The van der Waals surface area contributed by atoms with Crippen LogP contribution >= 0.6 is 12.6 Å². The van der Waals surface area contributed by atoms with Crippen LogP contribution in [0.15, 0.2) is 24.3 Å². The molecule has 22 heavy (non-hydrogen) atoms. The van der Waals surface area contributed by atoms with Gasteiger partial charge in [0.05, 0.1) is 5.75 Å². The SMILES string of the molecule is CCC(=O)OC(C)(C)c1ccc(C(C)(C)OC(=O)CS)cc1. The van der Waals surface area contributed by atoms with Crippen molar-refractivity contribution in [3.63, 3.8) is 0 Å². The van der Waals surface area contributed by atoms with E-state index in [4.69, 9.17) is 9.47 Å². The second kappa shape index (κ2) is 7.18. The van der Waals surface area contributed by atoms with Crippen molar-refractivity contribution < 1.29 is 19.1 Å². The van der Waals surface area contributed by atoms with E-state index >= 15 is 0 Å². The van der Waals surface area contributed by atoms with Gasteiger partial charge >= 0.3 is 11.9 Å². The maximum atomic E-state index is 11.5. The highest BCUT2D eigenvalue weighted by atomic mass is 32.1. The first-order chi connectivity index (χ1) is 10.1. The molecule has 0 fully saturated rings. The molecular weight excluding hydrogens is 300 g/mol. The van der Waals surface area contributed by atoms with Crippen LogP contribution in [0.3, 0.4) is 0 Å². The van der Waals surface area contributed by atoms with E-state index in [0.29, 0.717) is 6.42 Å². The zero-order valence-electron chi connectivity index (χ0n) is 13.8. The highest BCUT2D eigenvalue weighted by molar-refractivity contribution is 7.81. The Labute approximate surface area is 137 Å². The summed E-state index contributed by atoms with van der Waals surface area (Å²) in [6, 6.07) is 7.52. The van der Waals surface area contributed by atoms with Gasteiger partial charge in [-0.3, -0.25) is 9.59 Å². The molecule has 0 heterocycles. The molecule has 0 saturated heterocycles. The van der Waals surface area contributed by atoms with Crippen LogP contribution in [0.1, 0.15) is 52.2 Å². The third kappa shape index (κ3) is 4.77. The van der Waals surface area contributed by atoms with E-state index in [1.165, 1.54) is 0 Å². The van der Waals surface area contributed by atoms with Crippen LogP contribution in [0.5, 0.6) is 0 Å². The molecule has 0 atom stereocenters. The van der Waals surface area contributed by atoms with E-state index in [1.807, 2.05) is 52.0 Å². The fourth-order valence-electron chi connectivity index (χ4n) is 2.06. The summed E-state index contributed by atoms with van der Waals surface area (Å²) < 4.78 is 10.8. The van der Waals surface area contributed by atoms with Crippen molar-refractivity contribution in [3.05, 3.63) is 35.4 Å². The molecule has 1 aromatic carbocycles. The first kappa shape index (κ1) is 18.6. The molecule has 0 aliphatic rings. The minimum absolute atomic E-state index is 0.0432. The number of esters is 2. The number of hydrogen-bond donors (Lipinski definition) is 1. The maximum Gasteiger partial charge on any atom is 0.316 e. The molecule has 0 spiro atoms. The average Bonchev–Trinajstić information content (AvgIpc) is 2.46. The van der Waals surface area contributed by atoms with Crippen molar-refractivity contribution >= 4 is 24.6 Å². The number of benzene rings is 1. The Bertz CT molecular complexity index is 483. The number of ether oxygens (including phenoxy) is 2. The third-order valence-corrected chi connectivity index (χ3v) is 3.69. The highest BCUT2D eigenvalue weighted by Crippen LogP contribution is 2.30. The van der Waals surface area contributed by atoms with Crippen molar-refractivity contribution in [2.75, 3.05) is 5.75 Å². The molecule has 0 aliphatic heterocycles. The van der Waals surface area contributed by atoms with Crippen LogP contribution in [0.25, 0.3) is 0 Å². The zero-order valence-corrected chi connectivity index (χ0v) is 14.7. The van der Waals surface area contributed by atoms with Gasteiger partial charge in [-0.15, -0.1) is 0 Å². The fourth-order valence-corrected chi connectivity index (χ4v) is 2.13. The standard InChI is InChI=1S/C17H24O4S/c1-6-14(18)20-16(2,3)12-7-9-13(10-8-12)17(4,5)21-15(19)11-22/h7-10,22H,6,11H2,1-5H3. The van der Waals surface area contributed by atoms with Gasteiger partial charge in [0.1, 0.15) is 11.2 Å². The largest absolute Gasteiger partial charge is 0.455 e. The second-order valence-electron chi connectivity index (χ2n) is 6.06. The van der Waals surface area contributed by atoms with Gasteiger partial charge in [-0.05, 0) is 38.8 Å². The van der Waals surface area contributed by atoms with Gasteiger partial charge < -0.3 is 9.47 Å². The molecule has 1 aromatic rings. The number of carbonyl (C=O) groups is 2. The summed E-state index contributed by atoms with van der Waals surface area (Å²) in [6.07, 6.45) is 0.341. The topological polar surface area (TPSA) is 52.6 Å². The monoisotopic (exact) mass is 324 g/mol. The van der Waals surface area contributed by atoms with Crippen molar-refractivity contribution in [3.8, 4) is 0 Å². The lowest BCUT2D eigenvalue weighted by atomic mass is 9.92. The molecule has 122 valence electrons. The predicted octanol–water partition coefficient (Wildman–Crippen LogP) is 3.58. The zero-order chi connectivity index (χ0) is 17.0. The van der Waals surface area contributed by atoms with Crippen LogP contribution in [-0.4, -0.2) is 17.7 Å². The van der Waals surface area contributed by atoms with E-state index < -0.39 is 11.2 Å². The Kier molecular flexibility index (Phi) is 6.06. The summed E-state index contributed by atoms with van der Waals surface area (Å²) in [5.41, 5.74) is 0.318. The van der Waals surface area contributed by atoms with E-state index in [1.54, 1.807) is 6.92 Å². The summed E-state index contributed by atoms with van der Waals surface area (Å²) in [7, 11) is 0. The maximum absolute atomic E-state index is 11.5. The molecule has 0 amide bonds. The molecule has 0 radical (unpaired) electrons. The predicted molar refractivity (Wildman–Crippen MR) is 88.8 cm³/mol.